The number of carbonyl (C=O) groups excluding carboxylic acids is 1. The third-order valence-corrected chi connectivity index (χ3v) is 7.54. The van der Waals surface area contributed by atoms with Gasteiger partial charge < -0.3 is 0 Å². The van der Waals surface area contributed by atoms with Crippen molar-refractivity contribution in [3.05, 3.63) is 41.7 Å². The molecular formula is C21H30O4Se. The number of carbonyl (C=O) groups is 1. The van der Waals surface area contributed by atoms with E-state index in [-0.39, 0.29) is 32.0 Å². The third kappa shape index (κ3) is 5.87. The van der Waals surface area contributed by atoms with Crippen LogP contribution in [0.5, 0.6) is 0 Å². The quantitative estimate of drug-likeness (QED) is 0.325. The number of rotatable bonds is 10. The van der Waals surface area contributed by atoms with E-state index in [0.29, 0.717) is 24.7 Å². The van der Waals surface area contributed by atoms with Crippen molar-refractivity contribution in [2.45, 2.75) is 58.1 Å². The van der Waals surface area contributed by atoms with Crippen LogP contribution in [0.2, 0.25) is 4.82 Å². The molecule has 2 rings (SSSR count). The van der Waals surface area contributed by atoms with Gasteiger partial charge in [0.25, 0.3) is 0 Å². The Morgan fingerprint density at radius 1 is 1.12 bits per heavy atom. The second kappa shape index (κ2) is 10.8. The van der Waals surface area contributed by atoms with Gasteiger partial charge in [-0.15, -0.1) is 0 Å². The molecule has 4 nitrogen and oxygen atoms in total. The van der Waals surface area contributed by atoms with E-state index >= 15 is 0 Å². The zero-order valence-corrected chi connectivity index (χ0v) is 17.9. The van der Waals surface area contributed by atoms with E-state index in [1.54, 1.807) is 0 Å². The van der Waals surface area contributed by atoms with Crippen molar-refractivity contribution < 1.29 is 19.0 Å². The van der Waals surface area contributed by atoms with Crippen LogP contribution in [0.25, 0.3) is 0 Å². The fourth-order valence-corrected chi connectivity index (χ4v) is 5.35. The van der Waals surface area contributed by atoms with Gasteiger partial charge in [0.1, 0.15) is 0 Å². The first-order valence-corrected chi connectivity index (χ1v) is 11.3. The molecule has 0 saturated heterocycles. The average molecular weight is 425 g/mol. The van der Waals surface area contributed by atoms with Gasteiger partial charge in [-0.25, -0.2) is 0 Å². The Hall–Kier alpha value is -1.29. The van der Waals surface area contributed by atoms with Gasteiger partial charge in [0.2, 0.25) is 0 Å². The van der Waals surface area contributed by atoms with Crippen LogP contribution in [0.4, 0.5) is 0 Å². The molecule has 0 bridgehead atoms. The van der Waals surface area contributed by atoms with Gasteiger partial charge in [-0.1, -0.05) is 0 Å². The van der Waals surface area contributed by atoms with Gasteiger partial charge >= 0.3 is 163 Å². The second-order valence-electron chi connectivity index (χ2n) is 6.56. The summed E-state index contributed by atoms with van der Waals surface area (Å²) in [4.78, 5) is 12.5. The molecule has 0 fully saturated rings. The fraction of sp³-hybridized carbons (Fsp3) is 0.571. The zero-order chi connectivity index (χ0) is 18.9. The summed E-state index contributed by atoms with van der Waals surface area (Å²) in [7, 11) is 0. The molecule has 26 heavy (non-hydrogen) atoms. The van der Waals surface area contributed by atoms with E-state index in [1.807, 2.05) is 19.9 Å². The second-order valence-corrected chi connectivity index (χ2v) is 9.18. The van der Waals surface area contributed by atoms with Gasteiger partial charge in [-0.3, -0.25) is 0 Å². The molecule has 0 N–H and O–H groups in total. The molecular weight excluding hydrogens is 395 g/mol. The molecule has 5 heteroatoms. The number of hydrogen-bond donors (Lipinski definition) is 0. The molecule has 0 amide bonds. The van der Waals surface area contributed by atoms with Gasteiger partial charge in [0, 0.05) is 0 Å². The van der Waals surface area contributed by atoms with Crippen LogP contribution in [0.3, 0.4) is 0 Å². The molecule has 0 heterocycles. The molecule has 0 aromatic heterocycles. The van der Waals surface area contributed by atoms with E-state index < -0.39 is 0 Å². The maximum absolute atomic E-state index is 12.2. The Bertz CT molecular complexity index is 597. The molecule has 0 saturated carbocycles. The molecule has 2 unspecified atom stereocenters. The van der Waals surface area contributed by atoms with Crippen LogP contribution in [-0.2, 0) is 19.0 Å². The number of benzene rings is 1. The normalized spacial score (nSPS) is 16.7. The monoisotopic (exact) mass is 426 g/mol. The Morgan fingerprint density at radius 2 is 1.85 bits per heavy atom. The molecule has 2 atom stereocenters. The summed E-state index contributed by atoms with van der Waals surface area (Å²) in [6.45, 7) is 9.20. The first kappa shape index (κ1) is 21.0. The van der Waals surface area contributed by atoms with Gasteiger partial charge in [-0.2, -0.15) is 0 Å². The summed E-state index contributed by atoms with van der Waals surface area (Å²) in [6.07, 6.45) is 2.10. The number of esters is 1. The average Bonchev–Trinajstić information content (AvgIpc) is 3.08. The van der Waals surface area contributed by atoms with Crippen molar-refractivity contribution in [2.75, 3.05) is 13.2 Å². The van der Waals surface area contributed by atoms with Crippen molar-refractivity contribution in [1.82, 2.24) is 0 Å². The van der Waals surface area contributed by atoms with Crippen LogP contribution in [0, 0.1) is 5.92 Å². The van der Waals surface area contributed by atoms with E-state index in [0.717, 1.165) is 25.0 Å². The SMILES string of the molecule is CCOC(=O)C1=C(OC(OCC)C([Se]c2ccccc2)C(C)C)CCC1. The summed E-state index contributed by atoms with van der Waals surface area (Å²) in [5.74, 6) is 0.932. The Labute approximate surface area is 163 Å². The molecule has 144 valence electrons. The van der Waals surface area contributed by atoms with Crippen LogP contribution < -0.4 is 4.46 Å². The zero-order valence-electron chi connectivity index (χ0n) is 16.2. The van der Waals surface area contributed by atoms with Crippen LogP contribution >= 0.6 is 0 Å². The Kier molecular flexibility index (Phi) is 8.70. The molecule has 0 spiro atoms. The van der Waals surface area contributed by atoms with Gasteiger partial charge in [0.15, 0.2) is 0 Å². The van der Waals surface area contributed by atoms with Gasteiger partial charge in [-0.05, 0) is 0 Å². The summed E-state index contributed by atoms with van der Waals surface area (Å²) in [5.41, 5.74) is 0.686. The minimum atomic E-state index is -0.335. The number of hydrogen-bond acceptors (Lipinski definition) is 4. The Balaban J connectivity index is 2.19. The molecule has 0 radical (unpaired) electrons. The van der Waals surface area contributed by atoms with Crippen LogP contribution in [0.15, 0.2) is 41.7 Å². The van der Waals surface area contributed by atoms with Crippen LogP contribution in [-0.4, -0.2) is 40.4 Å². The van der Waals surface area contributed by atoms with E-state index in [2.05, 4.69) is 38.1 Å². The number of ether oxygens (including phenoxy) is 3. The molecule has 1 aromatic rings. The van der Waals surface area contributed by atoms with E-state index in [1.165, 1.54) is 4.46 Å². The van der Waals surface area contributed by atoms with Crippen molar-refractivity contribution in [2.24, 2.45) is 5.92 Å². The number of allylic oxidation sites excluding steroid dienone is 1. The first-order chi connectivity index (χ1) is 12.6. The predicted molar refractivity (Wildman–Crippen MR) is 104 cm³/mol. The van der Waals surface area contributed by atoms with Crippen molar-refractivity contribution in [1.29, 1.82) is 0 Å². The van der Waals surface area contributed by atoms with Crippen LogP contribution in [0.1, 0.15) is 47.0 Å². The Morgan fingerprint density at radius 3 is 2.46 bits per heavy atom. The predicted octanol–water partition coefficient (Wildman–Crippen LogP) is 3.84. The van der Waals surface area contributed by atoms with Crippen molar-refractivity contribution >= 4 is 25.4 Å². The topological polar surface area (TPSA) is 44.8 Å². The van der Waals surface area contributed by atoms with Crippen molar-refractivity contribution in [3.63, 3.8) is 0 Å². The minimum absolute atomic E-state index is 0.221. The first-order valence-electron chi connectivity index (χ1n) is 9.45. The summed E-state index contributed by atoms with van der Waals surface area (Å²) in [5, 5.41) is 0. The third-order valence-electron chi connectivity index (χ3n) is 4.22. The van der Waals surface area contributed by atoms with E-state index in [9.17, 15) is 4.79 Å². The van der Waals surface area contributed by atoms with E-state index in [4.69, 9.17) is 14.2 Å². The molecule has 1 aromatic carbocycles. The molecule has 0 aliphatic heterocycles. The summed E-state index contributed by atoms with van der Waals surface area (Å²) >= 11 is 0.221. The molecule has 1 aliphatic carbocycles. The van der Waals surface area contributed by atoms with Crippen molar-refractivity contribution in [3.8, 4) is 0 Å². The fourth-order valence-electron chi connectivity index (χ4n) is 2.94. The molecule has 1 aliphatic rings. The van der Waals surface area contributed by atoms with Gasteiger partial charge in [0.05, 0.1) is 0 Å². The maximum atomic E-state index is 12.2. The summed E-state index contributed by atoms with van der Waals surface area (Å²) in [6, 6.07) is 10.5. The standard InChI is InChI=1S/C21H30O4Se/c1-5-23-20(22)17-13-10-14-18(17)25-21(24-6-2)19(15(3)4)26-16-11-8-7-9-12-16/h7-9,11-12,15,19,21H,5-6,10,13-14H2,1-4H3. The summed E-state index contributed by atoms with van der Waals surface area (Å²) < 4.78 is 18.8.